The maximum absolute atomic E-state index is 9.57. The van der Waals surface area contributed by atoms with Crippen LogP contribution in [0.3, 0.4) is 0 Å². The van der Waals surface area contributed by atoms with Crippen LogP contribution >= 0.6 is 11.9 Å². The number of ether oxygens (including phenoxy) is 2. The Kier molecular flexibility index (Phi) is 5.46. The molecule has 10 heteroatoms. The zero-order valence-corrected chi connectivity index (χ0v) is 18.4. The number of fused-ring (bicyclic) bond motifs is 2. The number of aryl methyl sites for hydroxylation is 1. The Hall–Kier alpha value is -3.50. The maximum Gasteiger partial charge on any atom is 0.180 e. The number of nitrogens with one attached hydrogen (secondary N) is 2. The number of hydrogen-bond donors (Lipinski definition) is 3. The van der Waals surface area contributed by atoms with Crippen molar-refractivity contribution in [1.29, 1.82) is 0 Å². The zero-order chi connectivity index (χ0) is 22.1. The second-order valence-corrected chi connectivity index (χ2v) is 8.23. The van der Waals surface area contributed by atoms with Gasteiger partial charge in [-0.1, -0.05) is 12.1 Å². The van der Waals surface area contributed by atoms with Crippen LogP contribution in [0.4, 0.5) is 17.3 Å². The van der Waals surface area contributed by atoms with Crippen molar-refractivity contribution in [3.8, 4) is 11.5 Å². The summed E-state index contributed by atoms with van der Waals surface area (Å²) in [4.78, 5) is 13.9. The minimum absolute atomic E-state index is 0.0558. The van der Waals surface area contributed by atoms with Gasteiger partial charge >= 0.3 is 0 Å². The lowest BCUT2D eigenvalue weighted by Crippen LogP contribution is -2.17. The first-order valence-electron chi connectivity index (χ1n) is 10.1. The van der Waals surface area contributed by atoms with Gasteiger partial charge in [0.15, 0.2) is 11.6 Å². The molecule has 1 aliphatic heterocycles. The van der Waals surface area contributed by atoms with E-state index in [4.69, 9.17) is 19.4 Å². The fourth-order valence-electron chi connectivity index (χ4n) is 3.54. The van der Waals surface area contributed by atoms with E-state index in [1.165, 1.54) is 11.9 Å². The Bertz CT molecular complexity index is 1280. The number of imidazole rings is 1. The SMILES string of the molecule is COc1cc2c(c(Nc3nc4ccccc4nc3NSc3cn(C)cn3)c1)OC(CO)C2. The minimum atomic E-state index is -0.280. The smallest absolute Gasteiger partial charge is 0.180 e. The van der Waals surface area contributed by atoms with E-state index in [1.54, 1.807) is 13.4 Å². The maximum atomic E-state index is 9.57. The molecule has 9 nitrogen and oxygen atoms in total. The molecule has 0 aliphatic carbocycles. The molecule has 0 spiro atoms. The summed E-state index contributed by atoms with van der Waals surface area (Å²) in [5.74, 6) is 2.48. The Balaban J connectivity index is 1.53. The molecular formula is C22H22N6O3S. The first kappa shape index (κ1) is 20.4. The van der Waals surface area contributed by atoms with E-state index in [1.807, 2.05) is 54.2 Å². The molecule has 32 heavy (non-hydrogen) atoms. The second-order valence-electron chi connectivity index (χ2n) is 7.41. The van der Waals surface area contributed by atoms with E-state index in [-0.39, 0.29) is 12.7 Å². The monoisotopic (exact) mass is 450 g/mol. The van der Waals surface area contributed by atoms with Gasteiger partial charge in [-0.05, 0) is 18.2 Å². The fraction of sp³-hybridized carbons (Fsp3) is 0.227. The first-order valence-corrected chi connectivity index (χ1v) is 10.9. The highest BCUT2D eigenvalue weighted by atomic mass is 32.2. The molecule has 2 aromatic heterocycles. The van der Waals surface area contributed by atoms with Gasteiger partial charge in [0.05, 0.1) is 36.8 Å². The van der Waals surface area contributed by atoms with Crippen LogP contribution in [-0.4, -0.2) is 44.4 Å². The normalized spacial score (nSPS) is 14.8. The molecule has 1 aliphatic rings. The standard InChI is InChI=1S/C22H22N6O3S/c1-28-10-19(23-12-28)32-27-22-21(24-16-5-3-4-6-17(16)25-22)26-18-9-14(30-2)7-13-8-15(11-29)31-20(13)18/h3-7,9-10,12,15,29H,8,11H2,1-2H3,(H,24,26)(H,25,27). The number of rotatable bonds is 7. The van der Waals surface area contributed by atoms with Gasteiger partial charge in [0.1, 0.15) is 22.6 Å². The number of aromatic nitrogens is 4. The van der Waals surface area contributed by atoms with Crippen LogP contribution in [0.15, 0.2) is 53.9 Å². The topological polar surface area (TPSA) is 106 Å². The molecule has 2 aromatic carbocycles. The van der Waals surface area contributed by atoms with Crippen LogP contribution in [0, 0.1) is 0 Å². The zero-order valence-electron chi connectivity index (χ0n) is 17.6. The van der Waals surface area contributed by atoms with Crippen LogP contribution in [0.2, 0.25) is 0 Å². The van der Waals surface area contributed by atoms with Gasteiger partial charge in [-0.15, -0.1) is 0 Å². The van der Waals surface area contributed by atoms with Gasteiger partial charge in [-0.2, -0.15) is 0 Å². The third-order valence-corrected chi connectivity index (χ3v) is 5.78. The van der Waals surface area contributed by atoms with Crippen LogP contribution in [0.5, 0.6) is 11.5 Å². The van der Waals surface area contributed by atoms with E-state index in [9.17, 15) is 5.11 Å². The van der Waals surface area contributed by atoms with Gasteiger partial charge in [-0.3, -0.25) is 0 Å². The van der Waals surface area contributed by atoms with Crippen LogP contribution < -0.4 is 19.5 Å². The van der Waals surface area contributed by atoms with E-state index in [2.05, 4.69) is 15.0 Å². The number of para-hydroxylation sites is 2. The second kappa shape index (κ2) is 8.56. The van der Waals surface area contributed by atoms with Gasteiger partial charge in [0, 0.05) is 43.2 Å². The Morgan fingerprint density at radius 1 is 1.22 bits per heavy atom. The number of aliphatic hydroxyl groups excluding tert-OH is 1. The summed E-state index contributed by atoms with van der Waals surface area (Å²) in [5.41, 5.74) is 3.20. The molecule has 4 aromatic rings. The van der Waals surface area contributed by atoms with E-state index < -0.39 is 0 Å². The minimum Gasteiger partial charge on any atom is -0.497 e. The van der Waals surface area contributed by atoms with Crippen LogP contribution in [0.1, 0.15) is 5.56 Å². The summed E-state index contributed by atoms with van der Waals surface area (Å²) in [5, 5.41) is 13.7. The average Bonchev–Trinajstić information content (AvgIpc) is 3.43. The highest BCUT2D eigenvalue weighted by Crippen LogP contribution is 2.42. The highest BCUT2D eigenvalue weighted by molar-refractivity contribution is 8.00. The molecule has 164 valence electrons. The fourth-order valence-corrected chi connectivity index (χ4v) is 4.21. The number of methoxy groups -OCH3 is 1. The predicted molar refractivity (Wildman–Crippen MR) is 124 cm³/mol. The molecule has 0 saturated carbocycles. The molecule has 3 N–H and O–H groups in total. The van der Waals surface area contributed by atoms with Gasteiger partial charge in [0.25, 0.3) is 0 Å². The lowest BCUT2D eigenvalue weighted by molar-refractivity contribution is 0.135. The molecule has 0 bridgehead atoms. The molecule has 1 unspecified atom stereocenters. The third kappa shape index (κ3) is 4.02. The van der Waals surface area contributed by atoms with E-state index >= 15 is 0 Å². The highest BCUT2D eigenvalue weighted by Gasteiger charge is 2.27. The van der Waals surface area contributed by atoms with Crippen molar-refractivity contribution in [2.75, 3.05) is 23.8 Å². The van der Waals surface area contributed by atoms with Crippen LogP contribution in [-0.2, 0) is 13.5 Å². The summed E-state index contributed by atoms with van der Waals surface area (Å²) in [6.07, 6.45) is 3.99. The molecule has 0 fully saturated rings. The first-order chi connectivity index (χ1) is 15.6. The lowest BCUT2D eigenvalue weighted by atomic mass is 10.1. The van der Waals surface area contributed by atoms with Crippen LogP contribution in [0.25, 0.3) is 11.0 Å². The predicted octanol–water partition coefficient (Wildman–Crippen LogP) is 3.53. The molecule has 0 saturated heterocycles. The summed E-state index contributed by atoms with van der Waals surface area (Å²) < 4.78 is 16.6. The quantitative estimate of drug-likeness (QED) is 0.365. The Morgan fingerprint density at radius 3 is 2.69 bits per heavy atom. The van der Waals surface area contributed by atoms with Crippen molar-refractivity contribution in [1.82, 2.24) is 19.5 Å². The molecule has 0 amide bonds. The van der Waals surface area contributed by atoms with Crippen molar-refractivity contribution < 1.29 is 14.6 Å². The van der Waals surface area contributed by atoms with Crippen molar-refractivity contribution in [3.05, 3.63) is 54.5 Å². The van der Waals surface area contributed by atoms with Gasteiger partial charge < -0.3 is 29.2 Å². The Labute approximate surface area is 189 Å². The number of benzene rings is 2. The number of aliphatic hydroxyl groups is 1. The summed E-state index contributed by atoms with van der Waals surface area (Å²) in [6, 6.07) is 11.5. The van der Waals surface area contributed by atoms with Crippen molar-refractivity contribution in [3.63, 3.8) is 0 Å². The lowest BCUT2D eigenvalue weighted by Gasteiger charge is -2.16. The molecule has 0 radical (unpaired) electrons. The van der Waals surface area contributed by atoms with E-state index in [0.29, 0.717) is 35.2 Å². The molecule has 5 rings (SSSR count). The van der Waals surface area contributed by atoms with Crippen molar-refractivity contribution >= 4 is 40.3 Å². The molecule has 3 heterocycles. The third-order valence-electron chi connectivity index (χ3n) is 5.07. The number of nitrogens with zero attached hydrogens (tertiary/aromatic N) is 4. The van der Waals surface area contributed by atoms with Gasteiger partial charge in [0.2, 0.25) is 0 Å². The van der Waals surface area contributed by atoms with Gasteiger partial charge in [-0.25, -0.2) is 15.0 Å². The summed E-state index contributed by atoms with van der Waals surface area (Å²) in [7, 11) is 3.54. The van der Waals surface area contributed by atoms with Crippen molar-refractivity contribution in [2.45, 2.75) is 17.6 Å². The number of anilines is 3. The van der Waals surface area contributed by atoms with E-state index in [0.717, 1.165) is 21.6 Å². The number of hydrogen-bond acceptors (Lipinski definition) is 9. The largest absolute Gasteiger partial charge is 0.497 e. The molecule has 1 atom stereocenters. The molecular weight excluding hydrogens is 428 g/mol. The average molecular weight is 451 g/mol. The summed E-state index contributed by atoms with van der Waals surface area (Å²) >= 11 is 1.35. The van der Waals surface area contributed by atoms with Crippen molar-refractivity contribution in [2.24, 2.45) is 7.05 Å². The Morgan fingerprint density at radius 2 is 2.00 bits per heavy atom. The summed E-state index contributed by atoms with van der Waals surface area (Å²) in [6.45, 7) is -0.0558.